The Hall–Kier alpha value is -1.05. The minimum absolute atomic E-state index is 0.0887. The van der Waals surface area contributed by atoms with Crippen molar-refractivity contribution in [3.05, 3.63) is 33.1 Å². The molecule has 6 nitrogen and oxygen atoms in total. The van der Waals surface area contributed by atoms with Crippen LogP contribution in [0.15, 0.2) is 21.9 Å². The molecule has 104 valence electrons. The number of H-pyrrole nitrogens is 1. The fraction of sp³-hybridized carbons (Fsp3) is 0.636. The van der Waals surface area contributed by atoms with E-state index >= 15 is 0 Å². The normalized spacial score (nSPS) is 11.6. The molecule has 1 rings (SSSR count). The van der Waals surface area contributed by atoms with Crippen LogP contribution >= 0.6 is 11.8 Å². The highest BCUT2D eigenvalue weighted by Crippen LogP contribution is 1.97. The predicted molar refractivity (Wildman–Crippen MR) is 73.3 cm³/mol. The van der Waals surface area contributed by atoms with Crippen LogP contribution < -0.4 is 11.2 Å². The number of nitrogens with zero attached hydrogens (tertiary/aromatic N) is 1. The Bertz CT molecular complexity index is 426. The van der Waals surface area contributed by atoms with Gasteiger partial charge in [0.1, 0.15) is 0 Å². The quantitative estimate of drug-likeness (QED) is 0.785. The summed E-state index contributed by atoms with van der Waals surface area (Å²) in [5, 5.41) is 8.85. The smallest absolute Gasteiger partial charge is 0.328 e. The molecule has 1 aromatic heterocycles. The first kappa shape index (κ1) is 16.9. The van der Waals surface area contributed by atoms with Crippen molar-refractivity contribution in [2.45, 2.75) is 19.1 Å². The van der Waals surface area contributed by atoms with Gasteiger partial charge in [0.2, 0.25) is 0 Å². The summed E-state index contributed by atoms with van der Waals surface area (Å²) < 4.78 is 6.31. The molecule has 0 fully saturated rings. The molecule has 2 N–H and O–H groups in total. The van der Waals surface area contributed by atoms with E-state index in [9.17, 15) is 9.59 Å². The lowest BCUT2D eigenvalue weighted by molar-refractivity contribution is 0.0401. The first-order valence-electron chi connectivity index (χ1n) is 5.42. The predicted octanol–water partition coefficient (Wildman–Crippen LogP) is -0.0868. The Morgan fingerprint density at radius 3 is 2.56 bits per heavy atom. The molecule has 0 unspecified atom stereocenters. The third kappa shape index (κ3) is 6.63. The number of aromatic amines is 1. The number of ether oxygens (including phenoxy) is 1. The summed E-state index contributed by atoms with van der Waals surface area (Å²) in [6.07, 6.45) is 5.73. The summed E-state index contributed by atoms with van der Waals surface area (Å²) in [5.41, 5.74) is -0.864. The highest BCUT2D eigenvalue weighted by molar-refractivity contribution is 7.97. The maximum atomic E-state index is 11.2. The van der Waals surface area contributed by atoms with E-state index in [0.717, 1.165) is 0 Å². The van der Waals surface area contributed by atoms with Crippen molar-refractivity contribution in [1.29, 1.82) is 0 Å². The third-order valence-corrected chi connectivity index (χ3v) is 2.13. The molecule has 0 spiro atoms. The zero-order valence-electron chi connectivity index (χ0n) is 10.9. The zero-order chi connectivity index (χ0) is 14.0. The van der Waals surface area contributed by atoms with Gasteiger partial charge in [-0.15, -0.1) is 0 Å². The Balaban J connectivity index is 0.000000873. The summed E-state index contributed by atoms with van der Waals surface area (Å²) in [6.45, 7) is 0.309. The van der Waals surface area contributed by atoms with Crippen LogP contribution in [0.2, 0.25) is 0 Å². The molecule has 0 aliphatic heterocycles. The van der Waals surface area contributed by atoms with Gasteiger partial charge in [0, 0.05) is 25.9 Å². The van der Waals surface area contributed by atoms with Crippen molar-refractivity contribution in [3.8, 4) is 0 Å². The SMILES string of the molecule is CO[C@H](CO)CCn1ccc(=O)[nH]c1=O.CSC. The zero-order valence-corrected chi connectivity index (χ0v) is 11.7. The van der Waals surface area contributed by atoms with Gasteiger partial charge in [0.25, 0.3) is 5.56 Å². The molecule has 1 aromatic rings. The van der Waals surface area contributed by atoms with Crippen LogP contribution in [0.5, 0.6) is 0 Å². The maximum absolute atomic E-state index is 11.2. The van der Waals surface area contributed by atoms with Gasteiger partial charge in [0.15, 0.2) is 0 Å². The molecule has 0 aromatic carbocycles. The van der Waals surface area contributed by atoms with Gasteiger partial charge in [-0.25, -0.2) is 4.79 Å². The molecule has 0 aliphatic carbocycles. The van der Waals surface area contributed by atoms with Crippen LogP contribution in [0.1, 0.15) is 6.42 Å². The second-order valence-corrected chi connectivity index (χ2v) is 4.36. The van der Waals surface area contributed by atoms with Crippen molar-refractivity contribution in [1.82, 2.24) is 9.55 Å². The van der Waals surface area contributed by atoms with E-state index in [1.807, 2.05) is 12.5 Å². The second kappa shape index (κ2) is 9.93. The van der Waals surface area contributed by atoms with E-state index in [1.165, 1.54) is 23.9 Å². The Morgan fingerprint density at radius 1 is 1.50 bits per heavy atom. The molecule has 0 radical (unpaired) electrons. The number of nitrogens with one attached hydrogen (secondary N) is 1. The largest absolute Gasteiger partial charge is 0.394 e. The average molecular weight is 276 g/mol. The standard InChI is InChI=1S/C9H14N2O4.C2H6S/c1-15-7(6-12)2-4-11-5-3-8(13)10-9(11)14;1-3-2/h3,5,7,12H,2,4,6H2,1H3,(H,10,13,14);1-2H3/t7-;/m0./s1. The number of aliphatic hydroxyl groups is 1. The Kier molecular flexibility index (Phi) is 9.35. The van der Waals surface area contributed by atoms with Gasteiger partial charge in [-0.1, -0.05) is 0 Å². The molecule has 0 amide bonds. The minimum atomic E-state index is -0.449. The topological polar surface area (TPSA) is 84.3 Å². The van der Waals surface area contributed by atoms with Crippen LogP contribution in [-0.2, 0) is 11.3 Å². The number of aliphatic hydroxyl groups excluding tert-OH is 1. The van der Waals surface area contributed by atoms with Crippen molar-refractivity contribution >= 4 is 11.8 Å². The maximum Gasteiger partial charge on any atom is 0.328 e. The lowest BCUT2D eigenvalue weighted by Gasteiger charge is -2.12. The summed E-state index contributed by atoms with van der Waals surface area (Å²) in [5.74, 6) is 0. The van der Waals surface area contributed by atoms with Crippen LogP contribution in [0.25, 0.3) is 0 Å². The molecular formula is C11H20N2O4S. The summed E-state index contributed by atoms with van der Waals surface area (Å²) in [4.78, 5) is 24.1. The Labute approximate surface area is 110 Å². The van der Waals surface area contributed by atoms with E-state index < -0.39 is 11.2 Å². The van der Waals surface area contributed by atoms with Gasteiger partial charge in [-0.2, -0.15) is 11.8 Å². The lowest BCUT2D eigenvalue weighted by atomic mass is 10.2. The van der Waals surface area contributed by atoms with Crippen LogP contribution in [0, 0.1) is 0 Å². The first-order valence-corrected chi connectivity index (χ1v) is 7.05. The minimum Gasteiger partial charge on any atom is -0.394 e. The number of aryl methyl sites for hydroxylation is 1. The number of hydrogen-bond donors (Lipinski definition) is 2. The van der Waals surface area contributed by atoms with Crippen molar-refractivity contribution < 1.29 is 9.84 Å². The van der Waals surface area contributed by atoms with E-state index in [4.69, 9.17) is 9.84 Å². The number of thioether (sulfide) groups is 1. The average Bonchev–Trinajstić information content (AvgIpc) is 2.33. The third-order valence-electron chi connectivity index (χ3n) is 2.13. The summed E-state index contributed by atoms with van der Waals surface area (Å²) >= 11 is 1.75. The molecule has 0 saturated carbocycles. The Morgan fingerprint density at radius 2 is 2.11 bits per heavy atom. The molecule has 1 atom stereocenters. The summed E-state index contributed by atoms with van der Waals surface area (Å²) in [7, 11) is 1.50. The fourth-order valence-electron chi connectivity index (χ4n) is 1.19. The fourth-order valence-corrected chi connectivity index (χ4v) is 1.19. The van der Waals surface area contributed by atoms with Crippen LogP contribution in [-0.4, -0.2) is 47.0 Å². The van der Waals surface area contributed by atoms with Crippen LogP contribution in [0.3, 0.4) is 0 Å². The van der Waals surface area contributed by atoms with Gasteiger partial charge >= 0.3 is 5.69 Å². The highest BCUT2D eigenvalue weighted by atomic mass is 32.2. The number of methoxy groups -OCH3 is 1. The molecule has 0 bridgehead atoms. The molecular weight excluding hydrogens is 256 g/mol. The van der Waals surface area contributed by atoms with Crippen LogP contribution in [0.4, 0.5) is 0 Å². The first-order chi connectivity index (χ1) is 8.58. The molecule has 0 aliphatic rings. The molecule has 7 heteroatoms. The lowest BCUT2D eigenvalue weighted by Crippen LogP contribution is -2.30. The number of aromatic nitrogens is 2. The van der Waals surface area contributed by atoms with Crippen molar-refractivity contribution in [2.24, 2.45) is 0 Å². The van der Waals surface area contributed by atoms with E-state index in [-0.39, 0.29) is 12.7 Å². The van der Waals surface area contributed by atoms with E-state index in [1.54, 1.807) is 11.8 Å². The molecule has 18 heavy (non-hydrogen) atoms. The van der Waals surface area contributed by atoms with E-state index in [0.29, 0.717) is 13.0 Å². The molecule has 1 heterocycles. The van der Waals surface area contributed by atoms with Gasteiger partial charge in [-0.3, -0.25) is 9.78 Å². The van der Waals surface area contributed by atoms with Gasteiger partial charge in [-0.05, 0) is 18.9 Å². The van der Waals surface area contributed by atoms with E-state index in [2.05, 4.69) is 4.98 Å². The van der Waals surface area contributed by atoms with Gasteiger partial charge < -0.3 is 14.4 Å². The number of rotatable bonds is 5. The monoisotopic (exact) mass is 276 g/mol. The summed E-state index contributed by atoms with van der Waals surface area (Å²) in [6, 6.07) is 1.28. The second-order valence-electron chi connectivity index (χ2n) is 3.54. The van der Waals surface area contributed by atoms with Crippen molar-refractivity contribution in [2.75, 3.05) is 26.2 Å². The van der Waals surface area contributed by atoms with Gasteiger partial charge in [0.05, 0.1) is 12.7 Å². The molecule has 0 saturated heterocycles. The van der Waals surface area contributed by atoms with Crippen molar-refractivity contribution in [3.63, 3.8) is 0 Å². The number of hydrogen-bond acceptors (Lipinski definition) is 5. The highest BCUT2D eigenvalue weighted by Gasteiger charge is 2.05.